The summed E-state index contributed by atoms with van der Waals surface area (Å²) in [6, 6.07) is 6.65. The zero-order valence-electron chi connectivity index (χ0n) is 16.1. The van der Waals surface area contributed by atoms with Crippen LogP contribution in [0, 0.1) is 0 Å². The summed E-state index contributed by atoms with van der Waals surface area (Å²) in [7, 11) is 0. The molecule has 1 N–H and O–H groups in total. The second-order valence-electron chi connectivity index (χ2n) is 6.97. The van der Waals surface area contributed by atoms with Gasteiger partial charge in [0.2, 0.25) is 0 Å². The number of carboxylic acids is 1. The summed E-state index contributed by atoms with van der Waals surface area (Å²) in [6.07, 6.45) is 6.62. The maximum Gasteiger partial charge on any atom is 0.328 e. The van der Waals surface area contributed by atoms with Gasteiger partial charge in [-0.2, -0.15) is 0 Å². The van der Waals surface area contributed by atoms with Crippen molar-refractivity contribution in [2.24, 2.45) is 0 Å². The van der Waals surface area contributed by atoms with Crippen LogP contribution in [0.3, 0.4) is 0 Å². The van der Waals surface area contributed by atoms with Crippen molar-refractivity contribution in [3.8, 4) is 0 Å². The van der Waals surface area contributed by atoms with Gasteiger partial charge in [-0.15, -0.1) is 0 Å². The number of benzene rings is 1. The van der Waals surface area contributed by atoms with Gasteiger partial charge in [0.25, 0.3) is 0 Å². The fourth-order valence-electron chi connectivity index (χ4n) is 3.41. The number of carboxylic acid groups (broad SMARTS) is 1. The molecule has 1 aromatic rings. The lowest BCUT2D eigenvalue weighted by atomic mass is 9.94. The van der Waals surface area contributed by atoms with Crippen molar-refractivity contribution in [1.29, 1.82) is 0 Å². The second-order valence-corrected chi connectivity index (χ2v) is 6.97. The zero-order chi connectivity index (χ0) is 19.3. The SMILES string of the molecule is CC/C(=C(F)/C=C/C(C)=C/C(=O)O)c1ccc2c(c1)CCCN2C(C)C. The Bertz CT molecular complexity index is 759. The van der Waals surface area contributed by atoms with Crippen LogP contribution in [0.5, 0.6) is 0 Å². The molecule has 0 saturated carbocycles. The molecule has 4 heteroatoms. The lowest BCUT2D eigenvalue weighted by Crippen LogP contribution is -2.35. The van der Waals surface area contributed by atoms with Crippen LogP contribution >= 0.6 is 0 Å². The number of allylic oxidation sites excluding steroid dienone is 5. The quantitative estimate of drug-likeness (QED) is 0.538. The molecular weight excluding hydrogens is 329 g/mol. The van der Waals surface area contributed by atoms with E-state index in [1.807, 2.05) is 13.0 Å². The first-order valence-corrected chi connectivity index (χ1v) is 9.21. The Balaban J connectivity index is 2.35. The highest BCUT2D eigenvalue weighted by Gasteiger charge is 2.20. The summed E-state index contributed by atoms with van der Waals surface area (Å²) in [5.41, 5.74) is 4.57. The summed E-state index contributed by atoms with van der Waals surface area (Å²) in [5.74, 6) is -1.35. The third-order valence-corrected chi connectivity index (χ3v) is 4.69. The van der Waals surface area contributed by atoms with Crippen LogP contribution in [0.2, 0.25) is 0 Å². The van der Waals surface area contributed by atoms with E-state index in [0.717, 1.165) is 31.0 Å². The van der Waals surface area contributed by atoms with Gasteiger partial charge in [0.05, 0.1) is 0 Å². The first-order chi connectivity index (χ1) is 12.3. The third kappa shape index (κ3) is 4.84. The fraction of sp³-hybridized carbons (Fsp3) is 0.409. The van der Waals surface area contributed by atoms with E-state index < -0.39 is 5.97 Å². The van der Waals surface area contributed by atoms with Gasteiger partial charge in [0, 0.05) is 24.4 Å². The number of fused-ring (bicyclic) bond motifs is 1. The van der Waals surface area contributed by atoms with Gasteiger partial charge in [-0.05, 0) is 80.5 Å². The van der Waals surface area contributed by atoms with Crippen LogP contribution in [0.1, 0.15) is 51.7 Å². The molecule has 140 valence electrons. The minimum atomic E-state index is -1.03. The third-order valence-electron chi connectivity index (χ3n) is 4.69. The molecule has 3 nitrogen and oxygen atoms in total. The van der Waals surface area contributed by atoms with Crippen molar-refractivity contribution in [1.82, 2.24) is 0 Å². The Morgan fingerprint density at radius 2 is 2.08 bits per heavy atom. The maximum atomic E-state index is 14.7. The largest absolute Gasteiger partial charge is 0.478 e. The smallest absolute Gasteiger partial charge is 0.328 e. The predicted octanol–water partition coefficient (Wildman–Crippen LogP) is 5.53. The Morgan fingerprint density at radius 3 is 2.69 bits per heavy atom. The molecule has 0 radical (unpaired) electrons. The lowest BCUT2D eigenvalue weighted by Gasteiger charge is -2.35. The fourth-order valence-corrected chi connectivity index (χ4v) is 3.41. The Hall–Kier alpha value is -2.36. The van der Waals surface area contributed by atoms with E-state index in [1.165, 1.54) is 23.4 Å². The van der Waals surface area contributed by atoms with Gasteiger partial charge in [0.15, 0.2) is 0 Å². The number of anilines is 1. The highest BCUT2D eigenvalue weighted by Crippen LogP contribution is 2.33. The summed E-state index contributed by atoms with van der Waals surface area (Å²) in [4.78, 5) is 13.1. The molecule has 0 saturated heterocycles. The normalized spacial score (nSPS) is 16.1. The second kappa shape index (κ2) is 8.84. The van der Waals surface area contributed by atoms with Crippen LogP contribution in [0.4, 0.5) is 10.1 Å². The van der Waals surface area contributed by atoms with Gasteiger partial charge < -0.3 is 10.0 Å². The summed E-state index contributed by atoms with van der Waals surface area (Å²) in [6.45, 7) is 9.02. The summed E-state index contributed by atoms with van der Waals surface area (Å²) in [5, 5.41) is 8.74. The van der Waals surface area contributed by atoms with Crippen LogP contribution in [-0.4, -0.2) is 23.7 Å². The highest BCUT2D eigenvalue weighted by molar-refractivity contribution is 5.81. The highest BCUT2D eigenvalue weighted by atomic mass is 19.1. The molecule has 26 heavy (non-hydrogen) atoms. The molecule has 0 atom stereocenters. The van der Waals surface area contributed by atoms with E-state index in [1.54, 1.807) is 6.92 Å². The number of nitrogens with zero attached hydrogens (tertiary/aromatic N) is 1. The van der Waals surface area contributed by atoms with E-state index in [2.05, 4.69) is 30.9 Å². The molecule has 0 aliphatic carbocycles. The van der Waals surface area contributed by atoms with E-state index >= 15 is 0 Å². The van der Waals surface area contributed by atoms with Gasteiger partial charge in [0.1, 0.15) is 5.83 Å². The monoisotopic (exact) mass is 357 g/mol. The number of rotatable bonds is 6. The van der Waals surface area contributed by atoms with Gasteiger partial charge >= 0.3 is 5.97 Å². The minimum absolute atomic E-state index is 0.317. The van der Waals surface area contributed by atoms with E-state index in [0.29, 0.717) is 23.6 Å². The van der Waals surface area contributed by atoms with Crippen molar-refractivity contribution in [3.05, 3.63) is 59.0 Å². The standard InChI is InChI=1S/C22H28FNO2/c1-5-19(20(23)10-8-16(4)13-22(25)26)17-9-11-21-18(14-17)7-6-12-24(21)15(2)3/h8-11,13-15H,5-7,12H2,1-4H3,(H,25,26)/b10-8+,16-13+,20-19+. The lowest BCUT2D eigenvalue weighted by molar-refractivity contribution is -0.131. The molecule has 0 amide bonds. The number of carbonyl (C=O) groups is 1. The van der Waals surface area contributed by atoms with Crippen molar-refractivity contribution in [2.45, 2.75) is 53.0 Å². The van der Waals surface area contributed by atoms with Gasteiger partial charge in [-0.25, -0.2) is 9.18 Å². The van der Waals surface area contributed by atoms with Crippen molar-refractivity contribution in [2.75, 3.05) is 11.4 Å². The molecule has 0 aromatic heterocycles. The number of aryl methyl sites for hydroxylation is 1. The molecule has 0 fully saturated rings. The number of hydrogen-bond acceptors (Lipinski definition) is 2. The minimum Gasteiger partial charge on any atom is -0.478 e. The van der Waals surface area contributed by atoms with Gasteiger partial charge in [-0.1, -0.05) is 19.1 Å². The summed E-state index contributed by atoms with van der Waals surface area (Å²) >= 11 is 0. The number of hydrogen-bond donors (Lipinski definition) is 1. The van der Waals surface area contributed by atoms with Crippen molar-refractivity contribution >= 4 is 17.2 Å². The Morgan fingerprint density at radius 1 is 1.35 bits per heavy atom. The number of aliphatic carboxylic acids is 1. The Labute approximate surface area is 155 Å². The van der Waals surface area contributed by atoms with Crippen LogP contribution in [0.25, 0.3) is 5.57 Å². The molecule has 0 spiro atoms. The molecule has 0 bridgehead atoms. The van der Waals surface area contributed by atoms with Crippen LogP contribution in [-0.2, 0) is 11.2 Å². The molecule has 2 rings (SSSR count). The van der Waals surface area contributed by atoms with Crippen molar-refractivity contribution in [3.63, 3.8) is 0 Å². The topological polar surface area (TPSA) is 40.5 Å². The van der Waals surface area contributed by atoms with Gasteiger partial charge in [-0.3, -0.25) is 0 Å². The molecule has 0 unspecified atom stereocenters. The first kappa shape index (κ1) is 20.0. The average Bonchev–Trinajstić information content (AvgIpc) is 2.59. The molecule has 1 aliphatic rings. The Kier molecular flexibility index (Phi) is 6.78. The van der Waals surface area contributed by atoms with E-state index in [4.69, 9.17) is 5.11 Å². The van der Waals surface area contributed by atoms with Crippen molar-refractivity contribution < 1.29 is 14.3 Å². The van der Waals surface area contributed by atoms with Crippen LogP contribution in [0.15, 0.2) is 47.8 Å². The van der Waals surface area contributed by atoms with E-state index in [-0.39, 0.29) is 5.83 Å². The molecular formula is C22H28FNO2. The molecule has 1 aromatic carbocycles. The molecule has 1 aliphatic heterocycles. The summed E-state index contributed by atoms with van der Waals surface area (Å²) < 4.78 is 14.7. The average molecular weight is 357 g/mol. The van der Waals surface area contributed by atoms with E-state index in [9.17, 15) is 9.18 Å². The zero-order valence-corrected chi connectivity index (χ0v) is 16.1. The predicted molar refractivity (Wildman–Crippen MR) is 106 cm³/mol. The maximum absolute atomic E-state index is 14.7. The van der Waals surface area contributed by atoms with Crippen LogP contribution < -0.4 is 4.90 Å². The number of halogens is 1. The first-order valence-electron chi connectivity index (χ1n) is 9.21. The molecule has 1 heterocycles.